The molecule has 0 saturated carbocycles. The molecular weight excluding hydrogens is 469 g/mol. The predicted molar refractivity (Wildman–Crippen MR) is 131 cm³/mol. The zero-order chi connectivity index (χ0) is 24.4. The Bertz CT molecular complexity index is 1530. The van der Waals surface area contributed by atoms with Gasteiger partial charge in [-0.15, -0.1) is 10.2 Å². The van der Waals surface area contributed by atoms with Crippen LogP contribution in [0.2, 0.25) is 0 Å². The molecule has 0 atom stereocenters. The molecule has 0 unspecified atom stereocenters. The van der Waals surface area contributed by atoms with Crippen LogP contribution in [-0.2, 0) is 4.79 Å². The van der Waals surface area contributed by atoms with Gasteiger partial charge in [-0.1, -0.05) is 42.1 Å². The first kappa shape index (κ1) is 22.4. The molecule has 5 rings (SSSR count). The van der Waals surface area contributed by atoms with Crippen LogP contribution in [0.25, 0.3) is 28.0 Å². The highest BCUT2D eigenvalue weighted by atomic mass is 32.2. The summed E-state index contributed by atoms with van der Waals surface area (Å²) in [5.74, 6) is -1.14. The van der Waals surface area contributed by atoms with Crippen molar-refractivity contribution in [2.45, 2.75) is 5.16 Å². The summed E-state index contributed by atoms with van der Waals surface area (Å²) in [6, 6.07) is 22.3. The molecule has 174 valence electrons. The number of aromatic nitrogens is 3. The van der Waals surface area contributed by atoms with E-state index < -0.39 is 5.91 Å². The monoisotopic (exact) mass is 487 g/mol. The number of hydrogen-bond acceptors (Lipinski definition) is 6. The summed E-state index contributed by atoms with van der Waals surface area (Å²) in [6.45, 7) is 0. The van der Waals surface area contributed by atoms with Gasteiger partial charge in [0.1, 0.15) is 17.1 Å². The van der Waals surface area contributed by atoms with Gasteiger partial charge in [-0.2, -0.15) is 0 Å². The second-order valence-electron chi connectivity index (χ2n) is 7.49. The number of halogens is 1. The second kappa shape index (κ2) is 9.43. The number of hydrogen-bond donors (Lipinski definition) is 2. The molecule has 0 radical (unpaired) electrons. The Labute approximate surface area is 203 Å². The molecule has 0 bridgehead atoms. The second-order valence-corrected chi connectivity index (χ2v) is 8.43. The van der Waals surface area contributed by atoms with Gasteiger partial charge in [-0.05, 0) is 48.5 Å². The molecule has 8 nitrogen and oxygen atoms in total. The summed E-state index contributed by atoms with van der Waals surface area (Å²) in [5.41, 5.74) is 7.57. The Morgan fingerprint density at radius 3 is 2.43 bits per heavy atom. The van der Waals surface area contributed by atoms with Crippen molar-refractivity contribution in [3.8, 4) is 17.1 Å². The number of furan rings is 1. The third kappa shape index (κ3) is 4.51. The normalized spacial score (nSPS) is 11.0. The Morgan fingerprint density at radius 1 is 0.971 bits per heavy atom. The van der Waals surface area contributed by atoms with Crippen molar-refractivity contribution in [1.29, 1.82) is 0 Å². The lowest BCUT2D eigenvalue weighted by Gasteiger charge is -2.10. The number of para-hydroxylation sites is 2. The van der Waals surface area contributed by atoms with Crippen molar-refractivity contribution in [3.63, 3.8) is 0 Å². The number of amides is 2. The summed E-state index contributed by atoms with van der Waals surface area (Å²) in [5, 5.41) is 12.3. The molecule has 0 aliphatic carbocycles. The SMILES string of the molecule is NC(=O)c1oc2ccccc2c1NC(=O)CSc1nnc(-c2ccc(F)cc2)n1-c1ccccc1. The number of nitrogens with zero attached hydrogens (tertiary/aromatic N) is 3. The maximum atomic E-state index is 13.4. The minimum Gasteiger partial charge on any atom is -0.449 e. The quantitative estimate of drug-likeness (QED) is 0.323. The first-order valence-corrected chi connectivity index (χ1v) is 11.5. The Morgan fingerprint density at radius 2 is 1.69 bits per heavy atom. The van der Waals surface area contributed by atoms with Gasteiger partial charge in [-0.3, -0.25) is 14.2 Å². The van der Waals surface area contributed by atoms with Crippen molar-refractivity contribution in [2.24, 2.45) is 5.73 Å². The van der Waals surface area contributed by atoms with Gasteiger partial charge in [0.05, 0.1) is 5.75 Å². The fraction of sp³-hybridized carbons (Fsp3) is 0.0400. The van der Waals surface area contributed by atoms with E-state index in [-0.39, 0.29) is 28.9 Å². The number of thioether (sulfide) groups is 1. The maximum Gasteiger partial charge on any atom is 0.286 e. The van der Waals surface area contributed by atoms with Crippen molar-refractivity contribution in [2.75, 3.05) is 11.1 Å². The number of anilines is 1. The van der Waals surface area contributed by atoms with E-state index in [1.165, 1.54) is 23.9 Å². The average Bonchev–Trinajstić information content (AvgIpc) is 3.46. The Balaban J connectivity index is 1.42. The zero-order valence-electron chi connectivity index (χ0n) is 18.1. The molecule has 2 aromatic heterocycles. The molecule has 2 amide bonds. The van der Waals surface area contributed by atoms with E-state index >= 15 is 0 Å². The van der Waals surface area contributed by atoms with Crippen molar-refractivity contribution in [3.05, 3.63) is 90.4 Å². The van der Waals surface area contributed by atoms with Gasteiger partial charge in [0, 0.05) is 16.6 Å². The number of rotatable bonds is 7. The van der Waals surface area contributed by atoms with Gasteiger partial charge >= 0.3 is 0 Å². The number of fused-ring (bicyclic) bond motifs is 1. The number of benzene rings is 3. The topological polar surface area (TPSA) is 116 Å². The lowest BCUT2D eigenvalue weighted by atomic mass is 10.2. The highest BCUT2D eigenvalue weighted by molar-refractivity contribution is 7.99. The molecule has 0 aliphatic rings. The van der Waals surface area contributed by atoms with Crippen LogP contribution < -0.4 is 11.1 Å². The van der Waals surface area contributed by atoms with Crippen LogP contribution in [0.3, 0.4) is 0 Å². The van der Waals surface area contributed by atoms with E-state index in [0.29, 0.717) is 27.5 Å². The summed E-state index contributed by atoms with van der Waals surface area (Å²) in [7, 11) is 0. The minimum atomic E-state index is -0.781. The molecule has 10 heteroatoms. The van der Waals surface area contributed by atoms with E-state index in [1.807, 2.05) is 30.3 Å². The molecule has 3 aromatic carbocycles. The molecule has 0 aliphatic heterocycles. The summed E-state index contributed by atoms with van der Waals surface area (Å²) in [6.07, 6.45) is 0. The number of nitrogens with two attached hydrogens (primary N) is 1. The molecule has 0 saturated heterocycles. The minimum absolute atomic E-state index is 0.0217. The van der Waals surface area contributed by atoms with Gasteiger partial charge in [0.15, 0.2) is 11.0 Å². The summed E-state index contributed by atoms with van der Waals surface area (Å²) >= 11 is 1.17. The zero-order valence-corrected chi connectivity index (χ0v) is 19.0. The van der Waals surface area contributed by atoms with Gasteiger partial charge in [0.2, 0.25) is 11.7 Å². The van der Waals surface area contributed by atoms with E-state index in [4.69, 9.17) is 10.2 Å². The lowest BCUT2D eigenvalue weighted by molar-refractivity contribution is -0.113. The van der Waals surface area contributed by atoms with Gasteiger partial charge in [0.25, 0.3) is 5.91 Å². The van der Waals surface area contributed by atoms with Crippen LogP contribution in [0.15, 0.2) is 88.4 Å². The van der Waals surface area contributed by atoms with E-state index in [1.54, 1.807) is 41.0 Å². The van der Waals surface area contributed by atoms with Crippen LogP contribution in [0, 0.1) is 5.82 Å². The third-order valence-electron chi connectivity index (χ3n) is 5.17. The van der Waals surface area contributed by atoms with Crippen LogP contribution in [-0.4, -0.2) is 32.3 Å². The van der Waals surface area contributed by atoms with Crippen LogP contribution in [0.4, 0.5) is 10.1 Å². The number of primary amides is 1. The Kier molecular flexibility index (Phi) is 6.02. The highest BCUT2D eigenvalue weighted by Gasteiger charge is 2.22. The highest BCUT2D eigenvalue weighted by Crippen LogP contribution is 2.32. The molecular formula is C25H18FN5O3S. The average molecular weight is 488 g/mol. The van der Waals surface area contributed by atoms with Gasteiger partial charge in [-0.25, -0.2) is 4.39 Å². The molecule has 5 aromatic rings. The molecule has 2 heterocycles. The lowest BCUT2D eigenvalue weighted by Crippen LogP contribution is -2.18. The fourth-order valence-corrected chi connectivity index (χ4v) is 4.36. The predicted octanol–water partition coefficient (Wildman–Crippen LogP) is 4.65. The molecule has 35 heavy (non-hydrogen) atoms. The van der Waals surface area contributed by atoms with E-state index in [0.717, 1.165) is 5.69 Å². The number of nitrogens with one attached hydrogen (secondary N) is 1. The first-order chi connectivity index (χ1) is 17.0. The van der Waals surface area contributed by atoms with E-state index in [9.17, 15) is 14.0 Å². The maximum absolute atomic E-state index is 13.4. The van der Waals surface area contributed by atoms with Crippen LogP contribution >= 0.6 is 11.8 Å². The van der Waals surface area contributed by atoms with Crippen molar-refractivity contribution < 1.29 is 18.4 Å². The van der Waals surface area contributed by atoms with Crippen LogP contribution in [0.5, 0.6) is 0 Å². The Hall–Kier alpha value is -4.44. The number of carbonyl (C=O) groups is 2. The van der Waals surface area contributed by atoms with Crippen molar-refractivity contribution >= 4 is 40.2 Å². The summed E-state index contributed by atoms with van der Waals surface area (Å²) < 4.78 is 20.8. The van der Waals surface area contributed by atoms with Crippen LogP contribution in [0.1, 0.15) is 10.6 Å². The largest absolute Gasteiger partial charge is 0.449 e. The van der Waals surface area contributed by atoms with E-state index in [2.05, 4.69) is 15.5 Å². The smallest absolute Gasteiger partial charge is 0.286 e. The van der Waals surface area contributed by atoms with Gasteiger partial charge < -0.3 is 15.5 Å². The first-order valence-electron chi connectivity index (χ1n) is 10.5. The van der Waals surface area contributed by atoms with Crippen molar-refractivity contribution in [1.82, 2.24) is 14.8 Å². The standard InChI is InChI=1S/C25H18FN5O3S/c26-16-12-10-15(11-13-16)24-29-30-25(31(24)17-6-2-1-3-7-17)35-14-20(32)28-21-18-8-4-5-9-19(18)34-22(21)23(27)33/h1-13H,14H2,(H2,27,33)(H,28,32). The third-order valence-corrected chi connectivity index (χ3v) is 6.10. The molecule has 0 fully saturated rings. The fourth-order valence-electron chi connectivity index (χ4n) is 3.61. The molecule has 0 spiro atoms. The summed E-state index contributed by atoms with van der Waals surface area (Å²) in [4.78, 5) is 24.7. The molecule has 3 N–H and O–H groups in total. The number of carbonyl (C=O) groups excluding carboxylic acids is 2.